The molecule has 0 bridgehead atoms. The number of benzene rings is 1. The zero-order valence-electron chi connectivity index (χ0n) is 14.1. The van der Waals surface area contributed by atoms with Crippen molar-refractivity contribution in [3.63, 3.8) is 0 Å². The minimum Gasteiger partial charge on any atom is -0.876 e. The van der Waals surface area contributed by atoms with Crippen molar-refractivity contribution in [3.05, 3.63) is 47.7 Å². The number of carbonyl (C=O) groups excluding carboxylic acids is 1. The molecule has 21 heavy (non-hydrogen) atoms. The van der Waals surface area contributed by atoms with Crippen molar-refractivity contribution < 1.29 is 14.4 Å². The van der Waals surface area contributed by atoms with E-state index in [4.69, 9.17) is 0 Å². The number of allylic oxidation sites excluding steroid dienone is 2. The minimum atomic E-state index is -0.187. The average Bonchev–Trinajstić information content (AvgIpc) is 2.45. The van der Waals surface area contributed by atoms with Crippen molar-refractivity contribution >= 4 is 5.78 Å². The van der Waals surface area contributed by atoms with Gasteiger partial charge in [0, 0.05) is 5.56 Å². The third kappa shape index (κ3) is 8.30. The Kier molecular flexibility index (Phi) is 9.39. The molecule has 0 fully saturated rings. The summed E-state index contributed by atoms with van der Waals surface area (Å²) in [4.78, 5) is 9.98. The van der Waals surface area contributed by atoms with E-state index in [2.05, 4.69) is 51.1 Å². The molecule has 1 aromatic carbocycles. The summed E-state index contributed by atoms with van der Waals surface area (Å²) < 4.78 is 1.20. The van der Waals surface area contributed by atoms with Gasteiger partial charge in [-0.15, -0.1) is 5.76 Å². The molecule has 0 aliphatic rings. The summed E-state index contributed by atoms with van der Waals surface area (Å²) in [5, 5.41) is 9.98. The highest BCUT2D eigenvalue weighted by molar-refractivity contribution is 5.87. The molecule has 1 rings (SSSR count). The summed E-state index contributed by atoms with van der Waals surface area (Å²) in [6, 6.07) is 10.8. The lowest BCUT2D eigenvalue weighted by Crippen LogP contribution is -2.46. The molecule has 0 spiro atoms. The van der Waals surface area contributed by atoms with Crippen LogP contribution in [0.5, 0.6) is 0 Å². The summed E-state index contributed by atoms with van der Waals surface area (Å²) in [5.41, 5.74) is 1.46. The first-order chi connectivity index (χ1) is 9.89. The lowest BCUT2D eigenvalue weighted by Gasteiger charge is -2.35. The standard InChI is InChI=1S/C13H22N.C5H8O2/c1-4-14(5-2,6-3)12-13-10-8-7-9-11-13;1-4(6)3-5(2)7/h7-11H,4-6,12H2,1-3H3;3,6H,1-2H3/q+1;/p-1/b;4-3-. The number of quaternary nitrogens is 1. The average molecular weight is 291 g/mol. The van der Waals surface area contributed by atoms with Crippen LogP contribution >= 0.6 is 0 Å². The second kappa shape index (κ2) is 10.2. The number of carbonyl (C=O) groups is 1. The highest BCUT2D eigenvalue weighted by Gasteiger charge is 2.20. The highest BCUT2D eigenvalue weighted by atomic mass is 16.3. The molecular formula is C18H29NO2. The van der Waals surface area contributed by atoms with Gasteiger partial charge in [-0.3, -0.25) is 4.79 Å². The smallest absolute Gasteiger partial charge is 0.151 e. The summed E-state index contributed by atoms with van der Waals surface area (Å²) in [6.45, 7) is 14.4. The van der Waals surface area contributed by atoms with Crippen molar-refractivity contribution in [1.82, 2.24) is 0 Å². The molecule has 0 aliphatic carbocycles. The van der Waals surface area contributed by atoms with E-state index < -0.39 is 0 Å². The van der Waals surface area contributed by atoms with Crippen LogP contribution in [-0.2, 0) is 11.3 Å². The maximum Gasteiger partial charge on any atom is 0.151 e. The van der Waals surface area contributed by atoms with E-state index in [-0.39, 0.29) is 11.5 Å². The lowest BCUT2D eigenvalue weighted by molar-refractivity contribution is -0.936. The fraction of sp³-hybridized carbons (Fsp3) is 0.500. The molecule has 0 aromatic heterocycles. The SMILES string of the molecule is CC(=O)/C=C(/C)[O-].CC[N+](CC)(CC)Cc1ccccc1. The number of hydrogen-bond acceptors (Lipinski definition) is 2. The number of rotatable bonds is 6. The van der Waals surface area contributed by atoms with Gasteiger partial charge in [0.25, 0.3) is 0 Å². The van der Waals surface area contributed by atoms with E-state index in [1.165, 1.54) is 50.1 Å². The first kappa shape index (κ1) is 19.4. The third-order valence-electron chi connectivity index (χ3n) is 3.78. The van der Waals surface area contributed by atoms with Crippen molar-refractivity contribution in [2.45, 2.75) is 41.2 Å². The van der Waals surface area contributed by atoms with Crippen LogP contribution in [0.25, 0.3) is 0 Å². The van der Waals surface area contributed by atoms with E-state index in [0.717, 1.165) is 6.08 Å². The third-order valence-corrected chi connectivity index (χ3v) is 3.78. The first-order valence-electron chi connectivity index (χ1n) is 7.64. The van der Waals surface area contributed by atoms with Gasteiger partial charge >= 0.3 is 0 Å². The number of nitrogens with zero attached hydrogens (tertiary/aromatic N) is 1. The fourth-order valence-corrected chi connectivity index (χ4v) is 2.26. The van der Waals surface area contributed by atoms with Gasteiger partial charge in [-0.25, -0.2) is 0 Å². The Morgan fingerprint density at radius 2 is 1.52 bits per heavy atom. The van der Waals surface area contributed by atoms with Gasteiger partial charge in [0.15, 0.2) is 5.78 Å². The summed E-state index contributed by atoms with van der Waals surface area (Å²) >= 11 is 0. The quantitative estimate of drug-likeness (QED) is 0.459. The Labute approximate surface area is 129 Å². The summed E-state index contributed by atoms with van der Waals surface area (Å²) in [6.07, 6.45) is 1.06. The second-order valence-electron chi connectivity index (χ2n) is 5.30. The zero-order valence-corrected chi connectivity index (χ0v) is 14.1. The largest absolute Gasteiger partial charge is 0.876 e. The zero-order chi connectivity index (χ0) is 16.3. The van der Waals surface area contributed by atoms with Crippen LogP contribution in [-0.4, -0.2) is 29.9 Å². The first-order valence-corrected chi connectivity index (χ1v) is 7.64. The predicted octanol–water partition coefficient (Wildman–Crippen LogP) is 2.90. The van der Waals surface area contributed by atoms with Crippen LogP contribution in [0.15, 0.2) is 42.2 Å². The maximum atomic E-state index is 9.98. The van der Waals surface area contributed by atoms with E-state index in [0.29, 0.717) is 0 Å². The molecule has 0 unspecified atom stereocenters. The molecular weight excluding hydrogens is 262 g/mol. The Balaban J connectivity index is 0.000000486. The van der Waals surface area contributed by atoms with Crippen molar-refractivity contribution in [2.24, 2.45) is 0 Å². The van der Waals surface area contributed by atoms with Crippen LogP contribution in [0.4, 0.5) is 0 Å². The van der Waals surface area contributed by atoms with Gasteiger partial charge in [-0.1, -0.05) is 37.3 Å². The number of ketones is 1. The summed E-state index contributed by atoms with van der Waals surface area (Å²) in [7, 11) is 0. The Morgan fingerprint density at radius 3 is 1.81 bits per heavy atom. The van der Waals surface area contributed by atoms with Gasteiger partial charge in [-0.2, -0.15) is 0 Å². The van der Waals surface area contributed by atoms with Crippen LogP contribution < -0.4 is 5.11 Å². The molecule has 0 aliphatic heterocycles. The molecule has 0 atom stereocenters. The van der Waals surface area contributed by atoms with Crippen LogP contribution in [0.3, 0.4) is 0 Å². The lowest BCUT2D eigenvalue weighted by atomic mass is 10.2. The topological polar surface area (TPSA) is 40.1 Å². The monoisotopic (exact) mass is 291 g/mol. The molecule has 0 heterocycles. The fourth-order valence-electron chi connectivity index (χ4n) is 2.26. The van der Waals surface area contributed by atoms with Gasteiger partial charge in [-0.05, 0) is 33.8 Å². The van der Waals surface area contributed by atoms with Crippen LogP contribution in [0.2, 0.25) is 0 Å². The number of hydrogen-bond donors (Lipinski definition) is 0. The molecule has 3 nitrogen and oxygen atoms in total. The molecule has 0 amide bonds. The molecule has 3 heteroatoms. The van der Waals surface area contributed by atoms with Gasteiger partial charge in [0.1, 0.15) is 6.54 Å². The molecule has 1 aromatic rings. The van der Waals surface area contributed by atoms with E-state index >= 15 is 0 Å². The molecule has 118 valence electrons. The second-order valence-corrected chi connectivity index (χ2v) is 5.30. The molecule has 0 saturated carbocycles. The highest BCUT2D eigenvalue weighted by Crippen LogP contribution is 2.13. The van der Waals surface area contributed by atoms with Gasteiger partial charge in [0.2, 0.25) is 0 Å². The summed E-state index contributed by atoms with van der Waals surface area (Å²) in [5.74, 6) is -0.375. The molecule has 0 radical (unpaired) electrons. The normalized spacial score (nSPS) is 11.6. The van der Waals surface area contributed by atoms with E-state index in [1.807, 2.05) is 0 Å². The van der Waals surface area contributed by atoms with Crippen LogP contribution in [0, 0.1) is 0 Å². The van der Waals surface area contributed by atoms with Crippen molar-refractivity contribution in [1.29, 1.82) is 0 Å². The minimum absolute atomic E-state index is 0.187. The van der Waals surface area contributed by atoms with E-state index in [1.54, 1.807) is 0 Å². The molecule has 0 N–H and O–H groups in total. The predicted molar refractivity (Wildman–Crippen MR) is 86.5 cm³/mol. The molecule has 0 saturated heterocycles. The van der Waals surface area contributed by atoms with Crippen molar-refractivity contribution in [3.8, 4) is 0 Å². The Hall–Kier alpha value is -1.61. The van der Waals surface area contributed by atoms with Crippen molar-refractivity contribution in [2.75, 3.05) is 19.6 Å². The van der Waals surface area contributed by atoms with Gasteiger partial charge in [0.05, 0.1) is 19.6 Å². The van der Waals surface area contributed by atoms with Gasteiger partial charge < -0.3 is 9.59 Å². The van der Waals surface area contributed by atoms with E-state index in [9.17, 15) is 9.90 Å². The Morgan fingerprint density at radius 1 is 1.05 bits per heavy atom. The Bertz CT molecular complexity index is 422. The van der Waals surface area contributed by atoms with Crippen LogP contribution in [0.1, 0.15) is 40.2 Å². The maximum absolute atomic E-state index is 9.98.